The first-order chi connectivity index (χ1) is 9.99. The van der Waals surface area contributed by atoms with Crippen LogP contribution in [0.3, 0.4) is 0 Å². The van der Waals surface area contributed by atoms with Crippen molar-refractivity contribution in [2.45, 2.75) is 45.0 Å². The van der Waals surface area contributed by atoms with Crippen molar-refractivity contribution in [1.29, 1.82) is 0 Å². The second-order valence-electron chi connectivity index (χ2n) is 5.47. The number of halogens is 2. The molecule has 2 N–H and O–H groups in total. The number of hydrogen-bond acceptors (Lipinski definition) is 4. The van der Waals surface area contributed by atoms with Gasteiger partial charge in [0.2, 0.25) is 0 Å². The van der Waals surface area contributed by atoms with Crippen molar-refractivity contribution in [3.8, 4) is 11.5 Å². The van der Waals surface area contributed by atoms with E-state index >= 15 is 0 Å². The van der Waals surface area contributed by atoms with Gasteiger partial charge in [0.15, 0.2) is 11.5 Å². The Morgan fingerprint density at radius 2 is 2.14 bits per heavy atom. The first-order valence-corrected chi connectivity index (χ1v) is 7.11. The third-order valence-electron chi connectivity index (χ3n) is 3.88. The fourth-order valence-electron chi connectivity index (χ4n) is 2.73. The molecule has 0 saturated carbocycles. The molecular formula is C15H22F2N2O2. The molecule has 2 atom stereocenters. The molecule has 0 radical (unpaired) electrons. The fourth-order valence-corrected chi connectivity index (χ4v) is 2.73. The molecule has 118 valence electrons. The van der Waals surface area contributed by atoms with Crippen molar-refractivity contribution < 1.29 is 18.3 Å². The summed E-state index contributed by atoms with van der Waals surface area (Å²) in [5, 5.41) is 0. The molecule has 2 rings (SSSR count). The predicted molar refractivity (Wildman–Crippen MR) is 76.7 cm³/mol. The Morgan fingerprint density at radius 1 is 1.38 bits per heavy atom. The van der Waals surface area contributed by atoms with Crippen LogP contribution in [-0.4, -0.2) is 37.2 Å². The van der Waals surface area contributed by atoms with Gasteiger partial charge < -0.3 is 15.2 Å². The summed E-state index contributed by atoms with van der Waals surface area (Å²) in [6, 6.07) is 5.76. The largest absolute Gasteiger partial charge is 0.493 e. The average Bonchev–Trinajstić information content (AvgIpc) is 2.43. The minimum atomic E-state index is -2.85. The topological polar surface area (TPSA) is 47.7 Å². The molecule has 6 heteroatoms. The standard InChI is InChI=1S/C15H22F2N2O2/c1-10-7-12(18)5-6-19(10)9-11-3-4-13(21-15(16)17)14(8-11)20-2/h3-4,8,10,12,15H,5-7,9,18H2,1-2H3. The molecule has 1 heterocycles. The van der Waals surface area contributed by atoms with E-state index in [2.05, 4.69) is 16.6 Å². The lowest BCUT2D eigenvalue weighted by atomic mass is 9.98. The molecule has 1 saturated heterocycles. The number of alkyl halides is 2. The number of piperidine rings is 1. The second kappa shape index (κ2) is 7.04. The Bertz CT molecular complexity index is 471. The molecule has 1 aromatic carbocycles. The van der Waals surface area contributed by atoms with Gasteiger partial charge in [0.25, 0.3) is 0 Å². The zero-order chi connectivity index (χ0) is 15.4. The number of methoxy groups -OCH3 is 1. The molecule has 0 spiro atoms. The van der Waals surface area contributed by atoms with Crippen LogP contribution in [0.5, 0.6) is 11.5 Å². The van der Waals surface area contributed by atoms with E-state index < -0.39 is 6.61 Å². The van der Waals surface area contributed by atoms with Crippen LogP contribution in [-0.2, 0) is 6.54 Å². The maximum absolute atomic E-state index is 12.3. The lowest BCUT2D eigenvalue weighted by Gasteiger charge is -2.36. The van der Waals surface area contributed by atoms with Crippen LogP contribution in [0.4, 0.5) is 8.78 Å². The van der Waals surface area contributed by atoms with E-state index in [-0.39, 0.29) is 11.8 Å². The third kappa shape index (κ3) is 4.28. The Hall–Kier alpha value is -1.40. The first-order valence-electron chi connectivity index (χ1n) is 7.11. The summed E-state index contributed by atoms with van der Waals surface area (Å²) >= 11 is 0. The van der Waals surface area contributed by atoms with E-state index in [1.54, 1.807) is 12.1 Å². The van der Waals surface area contributed by atoms with Crippen LogP contribution in [0.25, 0.3) is 0 Å². The van der Waals surface area contributed by atoms with Crippen molar-refractivity contribution in [2.75, 3.05) is 13.7 Å². The van der Waals surface area contributed by atoms with Gasteiger partial charge in [0.1, 0.15) is 0 Å². The van der Waals surface area contributed by atoms with Gasteiger partial charge in [-0.3, -0.25) is 4.90 Å². The zero-order valence-electron chi connectivity index (χ0n) is 12.4. The van der Waals surface area contributed by atoms with E-state index in [0.29, 0.717) is 11.8 Å². The summed E-state index contributed by atoms with van der Waals surface area (Å²) in [7, 11) is 1.44. The number of ether oxygens (including phenoxy) is 2. The zero-order valence-corrected chi connectivity index (χ0v) is 12.4. The Labute approximate surface area is 123 Å². The highest BCUT2D eigenvalue weighted by Crippen LogP contribution is 2.30. The Kier molecular flexibility index (Phi) is 5.36. The predicted octanol–water partition coefficient (Wildman–Crippen LogP) is 2.61. The van der Waals surface area contributed by atoms with Gasteiger partial charge in [0.05, 0.1) is 7.11 Å². The van der Waals surface area contributed by atoms with Crippen LogP contribution in [0.1, 0.15) is 25.3 Å². The number of benzene rings is 1. The number of nitrogens with two attached hydrogens (primary N) is 1. The highest BCUT2D eigenvalue weighted by molar-refractivity contribution is 5.43. The Morgan fingerprint density at radius 3 is 2.76 bits per heavy atom. The molecule has 1 aromatic rings. The maximum atomic E-state index is 12.3. The van der Waals surface area contributed by atoms with E-state index in [4.69, 9.17) is 10.5 Å². The molecule has 0 amide bonds. The lowest BCUT2D eigenvalue weighted by molar-refractivity contribution is -0.0512. The highest BCUT2D eigenvalue weighted by atomic mass is 19.3. The number of rotatable bonds is 5. The molecule has 1 fully saturated rings. The Balaban J connectivity index is 2.07. The summed E-state index contributed by atoms with van der Waals surface area (Å²) in [4.78, 5) is 2.34. The minimum Gasteiger partial charge on any atom is -0.493 e. The van der Waals surface area contributed by atoms with Crippen LogP contribution in [0.2, 0.25) is 0 Å². The monoisotopic (exact) mass is 300 g/mol. The number of hydrogen-bond donors (Lipinski definition) is 1. The second-order valence-corrected chi connectivity index (χ2v) is 5.47. The summed E-state index contributed by atoms with van der Waals surface area (Å²) in [5.74, 6) is 0.388. The average molecular weight is 300 g/mol. The van der Waals surface area contributed by atoms with E-state index in [1.165, 1.54) is 13.2 Å². The van der Waals surface area contributed by atoms with Gasteiger partial charge in [-0.1, -0.05) is 6.07 Å². The molecular weight excluding hydrogens is 278 g/mol. The number of nitrogens with zero attached hydrogens (tertiary/aromatic N) is 1. The molecule has 0 aliphatic carbocycles. The molecule has 21 heavy (non-hydrogen) atoms. The van der Waals surface area contributed by atoms with Crippen molar-refractivity contribution in [2.24, 2.45) is 5.73 Å². The highest BCUT2D eigenvalue weighted by Gasteiger charge is 2.23. The molecule has 0 aromatic heterocycles. The normalized spacial score (nSPS) is 23.3. The van der Waals surface area contributed by atoms with Gasteiger partial charge in [-0.05, 0) is 37.5 Å². The van der Waals surface area contributed by atoms with Gasteiger partial charge in [-0.15, -0.1) is 0 Å². The smallest absolute Gasteiger partial charge is 0.387 e. The molecule has 4 nitrogen and oxygen atoms in total. The lowest BCUT2D eigenvalue weighted by Crippen LogP contribution is -2.44. The first kappa shape index (κ1) is 16.0. The van der Waals surface area contributed by atoms with Crippen LogP contribution >= 0.6 is 0 Å². The van der Waals surface area contributed by atoms with E-state index in [1.807, 2.05) is 0 Å². The summed E-state index contributed by atoms with van der Waals surface area (Å²) in [5.41, 5.74) is 6.97. The van der Waals surface area contributed by atoms with Gasteiger partial charge in [-0.25, -0.2) is 0 Å². The van der Waals surface area contributed by atoms with Gasteiger partial charge in [0, 0.05) is 25.2 Å². The minimum absolute atomic E-state index is 0.0602. The quantitative estimate of drug-likeness (QED) is 0.908. The van der Waals surface area contributed by atoms with Crippen LogP contribution in [0, 0.1) is 0 Å². The summed E-state index contributed by atoms with van der Waals surface area (Å²) in [6.45, 7) is 0.997. The van der Waals surface area contributed by atoms with Gasteiger partial charge in [-0.2, -0.15) is 8.78 Å². The SMILES string of the molecule is COc1cc(CN2CCC(N)CC2C)ccc1OC(F)F. The van der Waals surface area contributed by atoms with Crippen LogP contribution in [0.15, 0.2) is 18.2 Å². The van der Waals surface area contributed by atoms with E-state index in [0.717, 1.165) is 31.5 Å². The van der Waals surface area contributed by atoms with E-state index in [9.17, 15) is 8.78 Å². The third-order valence-corrected chi connectivity index (χ3v) is 3.88. The fraction of sp³-hybridized carbons (Fsp3) is 0.600. The van der Waals surface area contributed by atoms with Gasteiger partial charge >= 0.3 is 6.61 Å². The molecule has 1 aliphatic rings. The van der Waals surface area contributed by atoms with Crippen molar-refractivity contribution in [3.63, 3.8) is 0 Å². The molecule has 2 unspecified atom stereocenters. The van der Waals surface area contributed by atoms with Crippen molar-refractivity contribution >= 4 is 0 Å². The van der Waals surface area contributed by atoms with Crippen molar-refractivity contribution in [1.82, 2.24) is 4.90 Å². The van der Waals surface area contributed by atoms with Crippen LogP contribution < -0.4 is 15.2 Å². The molecule has 1 aliphatic heterocycles. The maximum Gasteiger partial charge on any atom is 0.387 e. The summed E-state index contributed by atoms with van der Waals surface area (Å²) < 4.78 is 34.2. The summed E-state index contributed by atoms with van der Waals surface area (Å²) in [6.07, 6.45) is 1.96. The number of likely N-dealkylation sites (tertiary alicyclic amines) is 1. The molecule has 0 bridgehead atoms. The van der Waals surface area contributed by atoms with Crippen molar-refractivity contribution in [3.05, 3.63) is 23.8 Å².